The monoisotopic (exact) mass is 443 g/mol. The lowest BCUT2D eigenvalue weighted by Gasteiger charge is -2.07. The van der Waals surface area contributed by atoms with Crippen molar-refractivity contribution in [2.24, 2.45) is 0 Å². The number of hydrogen-bond acceptors (Lipinski definition) is 3. The average Bonchev–Trinajstić information content (AvgIpc) is 3.52. The van der Waals surface area contributed by atoms with E-state index in [1.165, 1.54) is 18.5 Å². The Balaban J connectivity index is 1.38. The largest absolute Gasteiger partial charge is 0.497 e. The zero-order valence-electron chi connectivity index (χ0n) is 16.7. The van der Waals surface area contributed by atoms with Crippen LogP contribution in [0.15, 0.2) is 48.5 Å². The minimum atomic E-state index is -0.0203. The smallest absolute Gasteiger partial charge is 0.220 e. The van der Waals surface area contributed by atoms with Gasteiger partial charge in [0.2, 0.25) is 5.91 Å². The summed E-state index contributed by atoms with van der Waals surface area (Å²) < 4.78 is 7.24. The summed E-state index contributed by atoms with van der Waals surface area (Å²) in [4.78, 5) is 12.3. The minimum Gasteiger partial charge on any atom is -0.497 e. The molecule has 1 heterocycles. The molecule has 3 aromatic rings. The summed E-state index contributed by atoms with van der Waals surface area (Å²) >= 11 is 12.0. The lowest BCUT2D eigenvalue weighted by atomic mass is 10.2. The van der Waals surface area contributed by atoms with Gasteiger partial charge in [-0.2, -0.15) is 5.10 Å². The Morgan fingerprint density at radius 3 is 2.57 bits per heavy atom. The minimum absolute atomic E-state index is 0.0203. The number of nitrogens with one attached hydrogen (secondary N) is 1. The van der Waals surface area contributed by atoms with Crippen molar-refractivity contribution in [2.45, 2.75) is 38.1 Å². The molecule has 0 unspecified atom stereocenters. The third-order valence-corrected chi connectivity index (χ3v) is 5.92. The summed E-state index contributed by atoms with van der Waals surface area (Å²) in [6.07, 6.45) is 3.35. The quantitative estimate of drug-likeness (QED) is 0.512. The normalized spacial score (nSPS) is 13.3. The van der Waals surface area contributed by atoms with E-state index < -0.39 is 0 Å². The average molecular weight is 444 g/mol. The van der Waals surface area contributed by atoms with Crippen molar-refractivity contribution >= 4 is 29.1 Å². The Morgan fingerprint density at radius 1 is 1.13 bits per heavy atom. The van der Waals surface area contributed by atoms with Gasteiger partial charge in [-0.25, -0.2) is 4.68 Å². The van der Waals surface area contributed by atoms with Gasteiger partial charge in [-0.1, -0.05) is 29.3 Å². The molecule has 1 amide bonds. The van der Waals surface area contributed by atoms with Crippen LogP contribution >= 0.6 is 23.2 Å². The molecule has 0 saturated heterocycles. The van der Waals surface area contributed by atoms with Gasteiger partial charge in [0.25, 0.3) is 0 Å². The van der Waals surface area contributed by atoms with Gasteiger partial charge in [0, 0.05) is 31.0 Å². The van der Waals surface area contributed by atoms with Crippen LogP contribution in [-0.2, 0) is 17.8 Å². The van der Waals surface area contributed by atoms with Gasteiger partial charge in [-0.3, -0.25) is 4.79 Å². The predicted molar refractivity (Wildman–Crippen MR) is 119 cm³/mol. The Hall–Kier alpha value is -2.50. The van der Waals surface area contributed by atoms with Crippen molar-refractivity contribution in [1.82, 2.24) is 15.1 Å². The molecule has 0 radical (unpaired) electrons. The van der Waals surface area contributed by atoms with Crippen LogP contribution in [0.4, 0.5) is 0 Å². The van der Waals surface area contributed by atoms with E-state index in [4.69, 9.17) is 33.0 Å². The third-order valence-electron chi connectivity index (χ3n) is 5.18. The maximum Gasteiger partial charge on any atom is 0.220 e. The van der Waals surface area contributed by atoms with E-state index in [-0.39, 0.29) is 5.91 Å². The molecule has 0 spiro atoms. The molecule has 1 fully saturated rings. The van der Waals surface area contributed by atoms with Crippen LogP contribution in [0.5, 0.6) is 5.75 Å². The highest BCUT2D eigenvalue weighted by Crippen LogP contribution is 2.41. The zero-order valence-corrected chi connectivity index (χ0v) is 18.2. The van der Waals surface area contributed by atoms with Crippen LogP contribution in [0.25, 0.3) is 5.69 Å². The lowest BCUT2D eigenvalue weighted by molar-refractivity contribution is -0.121. The number of rotatable bonds is 8. The molecule has 1 saturated carbocycles. The van der Waals surface area contributed by atoms with Crippen molar-refractivity contribution < 1.29 is 9.53 Å². The number of carbonyl (C=O) groups is 1. The first-order valence-corrected chi connectivity index (χ1v) is 10.7. The van der Waals surface area contributed by atoms with Crippen molar-refractivity contribution in [3.63, 3.8) is 0 Å². The van der Waals surface area contributed by atoms with Crippen LogP contribution in [0.3, 0.4) is 0 Å². The molecule has 1 aliphatic carbocycles. The Bertz CT molecular complexity index is 1040. The summed E-state index contributed by atoms with van der Waals surface area (Å²) in [6.45, 7) is 0.420. The van der Waals surface area contributed by atoms with Gasteiger partial charge in [0.1, 0.15) is 5.75 Å². The number of nitrogens with zero attached hydrogens (tertiary/aromatic N) is 2. The molecular formula is C23H23Cl2N3O2. The van der Waals surface area contributed by atoms with Gasteiger partial charge >= 0.3 is 0 Å². The fourth-order valence-electron chi connectivity index (χ4n) is 3.35. The molecule has 1 aliphatic rings. The van der Waals surface area contributed by atoms with Crippen molar-refractivity contribution in [3.05, 3.63) is 75.5 Å². The lowest BCUT2D eigenvalue weighted by Crippen LogP contribution is -2.23. The second-order valence-electron chi connectivity index (χ2n) is 7.47. The van der Waals surface area contributed by atoms with E-state index in [0.717, 1.165) is 22.7 Å². The molecule has 7 heteroatoms. The van der Waals surface area contributed by atoms with Crippen LogP contribution in [0.1, 0.15) is 42.1 Å². The van der Waals surface area contributed by atoms with Crippen molar-refractivity contribution in [3.8, 4) is 11.4 Å². The van der Waals surface area contributed by atoms with Gasteiger partial charge in [-0.15, -0.1) is 0 Å². The number of hydrogen-bond donors (Lipinski definition) is 1. The molecule has 1 N–H and O–H groups in total. The second-order valence-corrected chi connectivity index (χ2v) is 8.28. The first-order valence-electron chi connectivity index (χ1n) is 9.97. The number of aryl methyl sites for hydroxylation is 1. The molecule has 30 heavy (non-hydrogen) atoms. The topological polar surface area (TPSA) is 56.2 Å². The third kappa shape index (κ3) is 4.97. The number of amides is 1. The molecule has 0 aliphatic heterocycles. The maximum atomic E-state index is 12.3. The molecule has 5 nitrogen and oxygen atoms in total. The highest BCUT2D eigenvalue weighted by atomic mass is 35.5. The molecule has 0 atom stereocenters. The highest BCUT2D eigenvalue weighted by Gasteiger charge is 2.28. The van der Waals surface area contributed by atoms with E-state index in [0.29, 0.717) is 35.3 Å². The fraction of sp³-hybridized carbons (Fsp3) is 0.304. The van der Waals surface area contributed by atoms with Crippen molar-refractivity contribution in [1.29, 1.82) is 0 Å². The van der Waals surface area contributed by atoms with E-state index >= 15 is 0 Å². The molecule has 2 aromatic carbocycles. The first-order chi connectivity index (χ1) is 14.5. The van der Waals surface area contributed by atoms with E-state index in [1.807, 2.05) is 35.0 Å². The summed E-state index contributed by atoms with van der Waals surface area (Å²) in [6, 6.07) is 15.4. The number of aromatic nitrogens is 2. The molecule has 4 rings (SSSR count). The standard InChI is InChI=1S/C23H23Cl2N3O2/c1-30-19-8-6-18(7-9-19)28-22(16-3-4-16)13-17(27-28)5-11-23(29)26-14-15-2-10-20(24)21(25)12-15/h2,6-10,12-13,16H,3-5,11,14H2,1H3,(H,26,29). The molecule has 1 aromatic heterocycles. The summed E-state index contributed by atoms with van der Waals surface area (Å²) in [5, 5.41) is 8.69. The Morgan fingerprint density at radius 2 is 1.90 bits per heavy atom. The molecule has 0 bridgehead atoms. The van der Waals surface area contributed by atoms with Gasteiger partial charge in [-0.05, 0) is 60.9 Å². The van der Waals surface area contributed by atoms with E-state index in [9.17, 15) is 4.79 Å². The number of halogens is 2. The van der Waals surface area contributed by atoms with E-state index in [1.54, 1.807) is 19.2 Å². The number of benzene rings is 2. The highest BCUT2D eigenvalue weighted by molar-refractivity contribution is 6.42. The van der Waals surface area contributed by atoms with Gasteiger partial charge < -0.3 is 10.1 Å². The van der Waals surface area contributed by atoms with Gasteiger partial charge in [0.15, 0.2) is 0 Å². The summed E-state index contributed by atoms with van der Waals surface area (Å²) in [7, 11) is 1.66. The summed E-state index contributed by atoms with van der Waals surface area (Å²) in [5.74, 6) is 1.35. The predicted octanol–water partition coefficient (Wildman–Crippen LogP) is 5.31. The fourth-order valence-corrected chi connectivity index (χ4v) is 3.67. The Kier molecular flexibility index (Phi) is 6.30. The zero-order chi connectivity index (χ0) is 21.1. The SMILES string of the molecule is COc1ccc(-n2nc(CCC(=O)NCc3ccc(Cl)c(Cl)c3)cc2C2CC2)cc1. The second kappa shape index (κ2) is 9.11. The first kappa shape index (κ1) is 20.8. The van der Waals surface area contributed by atoms with Crippen molar-refractivity contribution in [2.75, 3.05) is 7.11 Å². The van der Waals surface area contributed by atoms with Crippen LogP contribution in [0.2, 0.25) is 10.0 Å². The van der Waals surface area contributed by atoms with Crippen LogP contribution < -0.4 is 10.1 Å². The summed E-state index contributed by atoms with van der Waals surface area (Å²) in [5.41, 5.74) is 4.06. The maximum absolute atomic E-state index is 12.3. The van der Waals surface area contributed by atoms with Gasteiger partial charge in [0.05, 0.1) is 28.5 Å². The number of methoxy groups -OCH3 is 1. The molecular weight excluding hydrogens is 421 g/mol. The van der Waals surface area contributed by atoms with Crippen LogP contribution in [-0.4, -0.2) is 22.8 Å². The van der Waals surface area contributed by atoms with Crippen LogP contribution in [0, 0.1) is 0 Å². The Labute approximate surface area is 185 Å². The number of carbonyl (C=O) groups excluding carboxylic acids is 1. The molecule has 156 valence electrons. The number of ether oxygens (including phenoxy) is 1. The van der Waals surface area contributed by atoms with E-state index in [2.05, 4.69) is 11.4 Å².